The number of ether oxygens (including phenoxy) is 1. The van der Waals surface area contributed by atoms with E-state index in [-0.39, 0.29) is 0 Å². The van der Waals surface area contributed by atoms with Gasteiger partial charge < -0.3 is 23.7 Å². The van der Waals surface area contributed by atoms with Crippen LogP contribution >= 0.6 is 0 Å². The van der Waals surface area contributed by atoms with Crippen LogP contribution in [0.25, 0.3) is 105 Å². The Labute approximate surface area is 433 Å². The predicted molar refractivity (Wildman–Crippen MR) is 311 cm³/mol. The Bertz CT molecular complexity index is 4360. The van der Waals surface area contributed by atoms with Gasteiger partial charge >= 0.3 is 0 Å². The molecule has 0 amide bonds. The molecule has 5 heterocycles. The third-order valence-corrected chi connectivity index (χ3v) is 15.4. The number of aromatic nitrogens is 4. The minimum absolute atomic E-state index is 0.744. The third-order valence-electron chi connectivity index (χ3n) is 15.4. The van der Waals surface area contributed by atoms with Gasteiger partial charge in [-0.25, -0.2) is 4.98 Å². The van der Waals surface area contributed by atoms with Gasteiger partial charge in [-0.15, -0.1) is 0 Å². The highest BCUT2D eigenvalue weighted by atomic mass is 16.5. The molecule has 7 heteroatoms. The first-order valence-corrected chi connectivity index (χ1v) is 25.6. The lowest BCUT2D eigenvalue weighted by atomic mass is 9.98. The lowest BCUT2D eigenvalue weighted by molar-refractivity contribution is 0.483. The molecule has 0 fully saturated rings. The third kappa shape index (κ3) is 6.64. The number of hydrogen-bond acceptors (Lipinski definition) is 4. The number of rotatable bonds is 8. The molecule has 356 valence electrons. The molecular weight excluding hydrogens is 917 g/mol. The zero-order chi connectivity index (χ0) is 49.7. The molecule has 75 heavy (non-hydrogen) atoms. The van der Waals surface area contributed by atoms with Gasteiger partial charge in [0.2, 0.25) is 0 Å². The van der Waals surface area contributed by atoms with Crippen LogP contribution in [0.3, 0.4) is 0 Å². The smallest absolute Gasteiger partial charge is 0.137 e. The topological polar surface area (TPSA) is 43.4 Å². The second-order valence-electron chi connectivity index (χ2n) is 19.7. The van der Waals surface area contributed by atoms with Crippen LogP contribution in [0.15, 0.2) is 243 Å². The molecule has 14 aromatic rings. The summed E-state index contributed by atoms with van der Waals surface area (Å²) < 4.78 is 14.1. The van der Waals surface area contributed by atoms with E-state index in [1.807, 2.05) is 6.07 Å². The number of benzene rings is 10. The van der Waals surface area contributed by atoms with Crippen molar-refractivity contribution in [3.05, 3.63) is 248 Å². The Morgan fingerprint density at radius 2 is 0.933 bits per heavy atom. The molecule has 0 bridgehead atoms. The summed E-state index contributed by atoms with van der Waals surface area (Å²) in [4.78, 5) is 10.2. The highest BCUT2D eigenvalue weighted by Gasteiger charge is 2.26. The molecule has 0 N–H and O–H groups in total. The van der Waals surface area contributed by atoms with Crippen LogP contribution in [-0.2, 0) is 0 Å². The van der Waals surface area contributed by atoms with Gasteiger partial charge in [-0.05, 0) is 109 Å². The molecule has 1 aliphatic rings. The van der Waals surface area contributed by atoms with Crippen LogP contribution in [0.2, 0.25) is 0 Å². The van der Waals surface area contributed by atoms with Crippen LogP contribution in [0, 0.1) is 6.92 Å². The maximum atomic E-state index is 6.84. The van der Waals surface area contributed by atoms with Crippen molar-refractivity contribution in [3.8, 4) is 50.9 Å². The molecule has 1 aliphatic heterocycles. The Balaban J connectivity index is 0.935. The predicted octanol–water partition coefficient (Wildman–Crippen LogP) is 17.4. The standard InChI is InChI=1S/C68H48N6O/c1-44-39-66(69-42-55(44)68-63(72-56-28-10-6-23-50(56)51-24-7-11-29-57(51)72)35-18-36-64(68)73-58-30-12-8-25-52(58)53-26-9-13-31-59(53)73)74-62-34-17-27-49(45-19-4-3-5-20-45)67(62)54-38-37-48(41-65(54)74)75-47-22-16-21-46(40-47)71-43-70(2)60-32-14-15-33-61(60)71/h3-42H,43H2,1-2H3. The fourth-order valence-electron chi connectivity index (χ4n) is 12.1. The molecule has 4 aromatic heterocycles. The fraction of sp³-hybridized carbons (Fsp3) is 0.0441. The number of para-hydroxylation sites is 6. The van der Waals surface area contributed by atoms with Crippen molar-refractivity contribution in [1.29, 1.82) is 0 Å². The molecule has 7 nitrogen and oxygen atoms in total. The monoisotopic (exact) mass is 964 g/mol. The molecule has 0 unspecified atom stereocenters. The molecule has 0 saturated carbocycles. The first kappa shape index (κ1) is 42.8. The van der Waals surface area contributed by atoms with E-state index in [0.29, 0.717) is 0 Å². The molecule has 10 aromatic carbocycles. The summed E-state index contributed by atoms with van der Waals surface area (Å²) in [5, 5.41) is 7.15. The molecular formula is C68H48N6O. The van der Waals surface area contributed by atoms with Crippen LogP contribution in [0.5, 0.6) is 11.5 Å². The Morgan fingerprint density at radius 3 is 1.57 bits per heavy atom. The van der Waals surface area contributed by atoms with Crippen molar-refractivity contribution in [2.45, 2.75) is 6.92 Å². The number of hydrogen-bond donors (Lipinski definition) is 0. The summed E-state index contributed by atoms with van der Waals surface area (Å²) in [6, 6.07) is 84.8. The van der Waals surface area contributed by atoms with Crippen LogP contribution in [0.1, 0.15) is 5.56 Å². The number of anilines is 3. The van der Waals surface area contributed by atoms with Crippen molar-refractivity contribution in [1.82, 2.24) is 18.7 Å². The van der Waals surface area contributed by atoms with Crippen LogP contribution in [-0.4, -0.2) is 32.4 Å². The summed E-state index contributed by atoms with van der Waals surface area (Å²) >= 11 is 0. The average Bonchev–Trinajstić information content (AvgIpc) is 4.22. The Hall–Kier alpha value is -9.85. The van der Waals surface area contributed by atoms with Gasteiger partial charge in [0.05, 0.1) is 62.5 Å². The van der Waals surface area contributed by atoms with E-state index in [1.54, 1.807) is 0 Å². The maximum Gasteiger partial charge on any atom is 0.137 e. The zero-order valence-corrected chi connectivity index (χ0v) is 41.4. The van der Waals surface area contributed by atoms with Crippen LogP contribution < -0.4 is 14.5 Å². The molecule has 15 rings (SSSR count). The van der Waals surface area contributed by atoms with Crippen molar-refractivity contribution in [2.24, 2.45) is 0 Å². The second-order valence-corrected chi connectivity index (χ2v) is 19.7. The van der Waals surface area contributed by atoms with Crippen molar-refractivity contribution >= 4 is 82.5 Å². The van der Waals surface area contributed by atoms with Gasteiger partial charge in [-0.2, -0.15) is 0 Å². The lowest BCUT2D eigenvalue weighted by Gasteiger charge is -2.21. The van der Waals surface area contributed by atoms with Crippen LogP contribution in [0.4, 0.5) is 17.1 Å². The largest absolute Gasteiger partial charge is 0.457 e. The minimum atomic E-state index is 0.744. The van der Waals surface area contributed by atoms with Gasteiger partial charge in [-0.1, -0.05) is 140 Å². The van der Waals surface area contributed by atoms with Crippen molar-refractivity contribution in [3.63, 3.8) is 0 Å². The quantitative estimate of drug-likeness (QED) is 0.152. The van der Waals surface area contributed by atoms with Gasteiger partial charge in [0.25, 0.3) is 0 Å². The second kappa shape index (κ2) is 16.9. The van der Waals surface area contributed by atoms with Gasteiger partial charge in [0.1, 0.15) is 17.3 Å². The van der Waals surface area contributed by atoms with E-state index in [4.69, 9.17) is 9.72 Å². The number of nitrogens with zero attached hydrogens (tertiary/aromatic N) is 6. The molecule has 0 radical (unpaired) electrons. The summed E-state index contributed by atoms with van der Waals surface area (Å²) in [5.41, 5.74) is 17.9. The van der Waals surface area contributed by atoms with Gasteiger partial charge in [-0.3, -0.25) is 4.57 Å². The lowest BCUT2D eigenvalue weighted by Crippen LogP contribution is -2.23. The zero-order valence-electron chi connectivity index (χ0n) is 41.4. The number of aryl methyl sites for hydroxylation is 1. The van der Waals surface area contributed by atoms with E-state index in [0.717, 1.165) is 107 Å². The number of fused-ring (bicyclic) bond motifs is 10. The van der Waals surface area contributed by atoms with Crippen molar-refractivity contribution < 1.29 is 4.74 Å². The highest BCUT2D eigenvalue weighted by Crippen LogP contribution is 2.46. The van der Waals surface area contributed by atoms with Crippen molar-refractivity contribution in [2.75, 3.05) is 23.5 Å². The molecule has 0 spiro atoms. The molecule has 0 atom stereocenters. The van der Waals surface area contributed by atoms with E-state index in [9.17, 15) is 0 Å². The van der Waals surface area contributed by atoms with E-state index >= 15 is 0 Å². The van der Waals surface area contributed by atoms with E-state index in [1.165, 1.54) is 38.5 Å². The fourth-order valence-corrected chi connectivity index (χ4v) is 12.1. The summed E-state index contributed by atoms with van der Waals surface area (Å²) in [5.74, 6) is 2.34. The summed E-state index contributed by atoms with van der Waals surface area (Å²) in [6.07, 6.45) is 2.10. The van der Waals surface area contributed by atoms with Gasteiger partial charge in [0, 0.05) is 74.5 Å². The molecule has 0 saturated heterocycles. The summed E-state index contributed by atoms with van der Waals surface area (Å²) in [6.45, 7) is 3.00. The normalized spacial score (nSPS) is 12.6. The highest BCUT2D eigenvalue weighted by molar-refractivity contribution is 6.16. The van der Waals surface area contributed by atoms with Gasteiger partial charge in [0.15, 0.2) is 0 Å². The summed E-state index contributed by atoms with van der Waals surface area (Å²) in [7, 11) is 2.14. The Morgan fingerprint density at radius 1 is 0.400 bits per heavy atom. The minimum Gasteiger partial charge on any atom is -0.457 e. The first-order chi connectivity index (χ1) is 37.1. The Kier molecular flexibility index (Phi) is 9.63. The first-order valence-electron chi connectivity index (χ1n) is 25.6. The average molecular weight is 965 g/mol. The van der Waals surface area contributed by atoms with E-state index < -0.39 is 0 Å². The SMILES string of the molecule is Cc1cc(-n2c3cc(Oc4cccc(N5CN(C)c6ccccc65)c4)ccc3c3c(-c4ccccc4)cccc32)ncc1-c1c(-n2c3ccccc3c3ccccc32)cccc1-n1c2ccccc2c2ccccc21. The van der Waals surface area contributed by atoms with E-state index in [2.05, 4.69) is 274 Å². The number of pyridine rings is 1. The maximum absolute atomic E-state index is 6.84. The molecule has 0 aliphatic carbocycles.